The number of ether oxygens (including phenoxy) is 1. The van der Waals surface area contributed by atoms with Gasteiger partial charge in [-0.3, -0.25) is 4.57 Å². The standard InChI is InChI=1S/C10H14N6O5/c1-9(20)6(18)10(4-17,14-15-12)21-7(9)16-3-2-5(11)13-8(16)19/h2-3,6-7,17-18,20H,4H2,1H3,(H2,11,13,19)/t6-,7+,9+,10?/m0/s1. The topological polar surface area (TPSA) is 180 Å². The van der Waals surface area contributed by atoms with Gasteiger partial charge in [0.1, 0.15) is 17.5 Å². The molecule has 1 saturated heterocycles. The Morgan fingerprint density at radius 1 is 1.71 bits per heavy atom. The van der Waals surface area contributed by atoms with Crippen molar-refractivity contribution in [3.8, 4) is 0 Å². The number of aliphatic hydroxyl groups is 3. The van der Waals surface area contributed by atoms with Gasteiger partial charge in [0.25, 0.3) is 0 Å². The molecular weight excluding hydrogens is 284 g/mol. The zero-order valence-corrected chi connectivity index (χ0v) is 11.0. The Balaban J connectivity index is 2.55. The van der Waals surface area contributed by atoms with Crippen molar-refractivity contribution >= 4 is 5.82 Å². The first-order chi connectivity index (χ1) is 9.78. The molecule has 0 aliphatic carbocycles. The van der Waals surface area contributed by atoms with Crippen molar-refractivity contribution in [3.05, 3.63) is 33.2 Å². The van der Waals surface area contributed by atoms with Crippen LogP contribution in [-0.4, -0.2) is 48.9 Å². The molecule has 1 aromatic heterocycles. The Labute approximate surface area is 117 Å². The Morgan fingerprint density at radius 2 is 2.38 bits per heavy atom. The van der Waals surface area contributed by atoms with E-state index in [2.05, 4.69) is 15.0 Å². The Kier molecular flexibility index (Phi) is 3.61. The molecule has 0 amide bonds. The number of nitrogen functional groups attached to an aromatic ring is 1. The van der Waals surface area contributed by atoms with Gasteiger partial charge < -0.3 is 25.8 Å². The maximum atomic E-state index is 11.8. The van der Waals surface area contributed by atoms with Crippen LogP contribution >= 0.6 is 0 Å². The lowest BCUT2D eigenvalue weighted by Gasteiger charge is -2.28. The van der Waals surface area contributed by atoms with Crippen molar-refractivity contribution < 1.29 is 20.1 Å². The molecule has 1 fully saturated rings. The molecule has 11 nitrogen and oxygen atoms in total. The molecule has 1 aliphatic rings. The monoisotopic (exact) mass is 298 g/mol. The molecule has 5 N–H and O–H groups in total. The van der Waals surface area contributed by atoms with Crippen LogP contribution in [0.1, 0.15) is 13.2 Å². The van der Waals surface area contributed by atoms with E-state index in [1.165, 1.54) is 19.2 Å². The number of aliphatic hydroxyl groups excluding tert-OH is 2. The largest absolute Gasteiger partial charge is 0.393 e. The molecule has 11 heteroatoms. The summed E-state index contributed by atoms with van der Waals surface area (Å²) in [4.78, 5) is 17.8. The van der Waals surface area contributed by atoms with Crippen LogP contribution in [0.25, 0.3) is 10.4 Å². The fourth-order valence-corrected chi connectivity index (χ4v) is 2.22. The van der Waals surface area contributed by atoms with E-state index in [4.69, 9.17) is 16.0 Å². The fourth-order valence-electron chi connectivity index (χ4n) is 2.22. The molecule has 0 aromatic carbocycles. The second-order valence-electron chi connectivity index (χ2n) is 4.83. The quantitative estimate of drug-likeness (QED) is 0.296. The molecule has 21 heavy (non-hydrogen) atoms. The Morgan fingerprint density at radius 3 is 2.90 bits per heavy atom. The second-order valence-corrected chi connectivity index (χ2v) is 4.83. The average molecular weight is 298 g/mol. The average Bonchev–Trinajstić information content (AvgIpc) is 2.61. The predicted molar refractivity (Wildman–Crippen MR) is 68.6 cm³/mol. The molecule has 0 spiro atoms. The Bertz CT molecular complexity index is 654. The molecule has 0 radical (unpaired) electrons. The first-order valence-corrected chi connectivity index (χ1v) is 5.88. The third kappa shape index (κ3) is 2.22. The van der Waals surface area contributed by atoms with Crippen molar-refractivity contribution in [2.24, 2.45) is 5.11 Å². The summed E-state index contributed by atoms with van der Waals surface area (Å²) in [6, 6.07) is 1.29. The highest BCUT2D eigenvalue weighted by Gasteiger charge is 2.61. The van der Waals surface area contributed by atoms with E-state index in [0.29, 0.717) is 0 Å². The van der Waals surface area contributed by atoms with Gasteiger partial charge in [-0.2, -0.15) is 4.98 Å². The van der Waals surface area contributed by atoms with Crippen LogP contribution in [0.3, 0.4) is 0 Å². The number of hydrogen-bond donors (Lipinski definition) is 4. The maximum absolute atomic E-state index is 11.8. The van der Waals surface area contributed by atoms with Gasteiger partial charge in [-0.05, 0) is 18.5 Å². The van der Waals surface area contributed by atoms with E-state index in [9.17, 15) is 20.1 Å². The minimum atomic E-state index is -2.11. The first-order valence-electron chi connectivity index (χ1n) is 5.88. The number of azide groups is 1. The molecule has 1 aromatic rings. The SMILES string of the molecule is C[C@@]1(O)[C@H](O)C(CO)(N=[N+]=[N-])O[C@H]1n1ccc(N)nc1=O. The van der Waals surface area contributed by atoms with E-state index in [1.807, 2.05) is 0 Å². The van der Waals surface area contributed by atoms with Gasteiger partial charge in [0.15, 0.2) is 6.23 Å². The Hall–Kier alpha value is -2.17. The van der Waals surface area contributed by atoms with Gasteiger partial charge in [0.2, 0.25) is 5.72 Å². The molecule has 2 heterocycles. The third-order valence-corrected chi connectivity index (χ3v) is 3.34. The van der Waals surface area contributed by atoms with Gasteiger partial charge in [-0.25, -0.2) is 4.79 Å². The molecule has 2 rings (SSSR count). The highest BCUT2D eigenvalue weighted by atomic mass is 16.6. The summed E-state index contributed by atoms with van der Waals surface area (Å²) in [5.41, 5.74) is 8.95. The normalized spacial score (nSPS) is 35.4. The minimum absolute atomic E-state index is 0.0297. The smallest absolute Gasteiger partial charge is 0.351 e. The minimum Gasteiger partial charge on any atom is -0.393 e. The van der Waals surface area contributed by atoms with Crippen LogP contribution < -0.4 is 11.4 Å². The number of rotatable bonds is 3. The van der Waals surface area contributed by atoms with E-state index in [0.717, 1.165) is 4.57 Å². The summed E-state index contributed by atoms with van der Waals surface area (Å²) < 4.78 is 6.16. The van der Waals surface area contributed by atoms with E-state index in [-0.39, 0.29) is 5.82 Å². The van der Waals surface area contributed by atoms with Crippen LogP contribution in [0.4, 0.5) is 5.82 Å². The van der Waals surface area contributed by atoms with Crippen LogP contribution in [0, 0.1) is 0 Å². The van der Waals surface area contributed by atoms with E-state index >= 15 is 0 Å². The van der Waals surface area contributed by atoms with Crippen molar-refractivity contribution in [2.45, 2.75) is 30.6 Å². The van der Waals surface area contributed by atoms with Gasteiger partial charge in [0.05, 0.1) is 6.61 Å². The van der Waals surface area contributed by atoms with Crippen LogP contribution in [0.2, 0.25) is 0 Å². The van der Waals surface area contributed by atoms with Crippen LogP contribution in [0.15, 0.2) is 22.2 Å². The zero-order valence-electron chi connectivity index (χ0n) is 11.0. The lowest BCUT2D eigenvalue weighted by Crippen LogP contribution is -2.50. The summed E-state index contributed by atoms with van der Waals surface area (Å²) in [5.74, 6) is -0.0297. The molecule has 1 aliphatic heterocycles. The van der Waals surface area contributed by atoms with E-state index < -0.39 is 36.0 Å². The van der Waals surface area contributed by atoms with Crippen molar-refractivity contribution in [1.29, 1.82) is 0 Å². The number of anilines is 1. The predicted octanol–water partition coefficient (Wildman–Crippen LogP) is -1.53. The molecule has 4 atom stereocenters. The summed E-state index contributed by atoms with van der Waals surface area (Å²) in [6.07, 6.45) is -1.98. The zero-order chi connectivity index (χ0) is 15.8. The maximum Gasteiger partial charge on any atom is 0.351 e. The van der Waals surface area contributed by atoms with Crippen molar-refractivity contribution in [2.75, 3.05) is 12.3 Å². The highest BCUT2D eigenvalue weighted by Crippen LogP contribution is 2.44. The molecule has 0 bridgehead atoms. The van der Waals surface area contributed by atoms with E-state index in [1.54, 1.807) is 0 Å². The lowest BCUT2D eigenvalue weighted by atomic mass is 9.93. The fraction of sp³-hybridized carbons (Fsp3) is 0.600. The summed E-state index contributed by atoms with van der Waals surface area (Å²) in [7, 11) is 0. The number of aromatic nitrogens is 2. The van der Waals surface area contributed by atoms with Gasteiger partial charge in [-0.1, -0.05) is 5.11 Å². The van der Waals surface area contributed by atoms with Crippen molar-refractivity contribution in [1.82, 2.24) is 9.55 Å². The van der Waals surface area contributed by atoms with Crippen molar-refractivity contribution in [3.63, 3.8) is 0 Å². The molecular formula is C10H14N6O5. The van der Waals surface area contributed by atoms with Crippen LogP contribution in [-0.2, 0) is 4.74 Å². The summed E-state index contributed by atoms with van der Waals surface area (Å²) in [5, 5.41) is 33.0. The number of nitrogens with two attached hydrogens (primary N) is 1. The van der Waals surface area contributed by atoms with Crippen LogP contribution in [0.5, 0.6) is 0 Å². The molecule has 114 valence electrons. The lowest BCUT2D eigenvalue weighted by molar-refractivity contribution is -0.128. The summed E-state index contributed by atoms with van der Waals surface area (Å²) >= 11 is 0. The van der Waals surface area contributed by atoms with Gasteiger partial charge in [-0.15, -0.1) is 0 Å². The third-order valence-electron chi connectivity index (χ3n) is 3.34. The first kappa shape index (κ1) is 15.2. The second kappa shape index (κ2) is 4.98. The summed E-state index contributed by atoms with van der Waals surface area (Å²) in [6.45, 7) is 0.289. The molecule has 0 saturated carbocycles. The van der Waals surface area contributed by atoms with Gasteiger partial charge >= 0.3 is 5.69 Å². The molecule has 1 unspecified atom stereocenters. The van der Waals surface area contributed by atoms with Gasteiger partial charge in [0, 0.05) is 11.1 Å². The number of nitrogens with zero attached hydrogens (tertiary/aromatic N) is 5. The highest BCUT2D eigenvalue weighted by molar-refractivity contribution is 5.24. The number of hydrogen-bond acceptors (Lipinski definition) is 8.